The van der Waals surface area contributed by atoms with Gasteiger partial charge in [0, 0.05) is 24.8 Å². The minimum absolute atomic E-state index is 0.0803. The lowest BCUT2D eigenvalue weighted by molar-refractivity contribution is 0.609. The van der Waals surface area contributed by atoms with Crippen molar-refractivity contribution in [2.24, 2.45) is 0 Å². The monoisotopic (exact) mass is 228 g/mol. The summed E-state index contributed by atoms with van der Waals surface area (Å²) in [5.74, 6) is 0. The average Bonchev–Trinajstić information content (AvgIpc) is 2.38. The van der Waals surface area contributed by atoms with Crippen molar-refractivity contribution in [3.8, 4) is 0 Å². The second-order valence-corrected chi connectivity index (χ2v) is 3.85. The van der Waals surface area contributed by atoms with E-state index in [0.29, 0.717) is 0 Å². The molecule has 4 nitrogen and oxygen atoms in total. The van der Waals surface area contributed by atoms with Gasteiger partial charge in [0.1, 0.15) is 0 Å². The molecule has 1 N–H and O–H groups in total. The zero-order valence-electron chi connectivity index (χ0n) is 10.1. The molecule has 2 aromatic heterocycles. The van der Waals surface area contributed by atoms with Gasteiger partial charge in [0.2, 0.25) is 0 Å². The van der Waals surface area contributed by atoms with Crippen LogP contribution in [0.2, 0.25) is 0 Å². The van der Waals surface area contributed by atoms with Crippen molar-refractivity contribution in [2.45, 2.75) is 19.9 Å². The molecule has 2 aromatic rings. The predicted molar refractivity (Wildman–Crippen MR) is 66.5 cm³/mol. The van der Waals surface area contributed by atoms with Crippen LogP contribution in [-0.4, -0.2) is 21.5 Å². The van der Waals surface area contributed by atoms with Crippen molar-refractivity contribution in [1.29, 1.82) is 0 Å². The van der Waals surface area contributed by atoms with Crippen LogP contribution < -0.4 is 5.32 Å². The lowest BCUT2D eigenvalue weighted by atomic mass is 10.0. The van der Waals surface area contributed by atoms with E-state index in [4.69, 9.17) is 0 Å². The zero-order chi connectivity index (χ0) is 12.1. The quantitative estimate of drug-likeness (QED) is 0.868. The van der Waals surface area contributed by atoms with Crippen molar-refractivity contribution in [1.82, 2.24) is 20.3 Å². The van der Waals surface area contributed by atoms with Gasteiger partial charge >= 0.3 is 0 Å². The summed E-state index contributed by atoms with van der Waals surface area (Å²) in [6.45, 7) is 5.02. The molecule has 0 spiro atoms. The van der Waals surface area contributed by atoms with E-state index >= 15 is 0 Å². The minimum atomic E-state index is 0.0803. The maximum Gasteiger partial charge on any atom is 0.0801 e. The summed E-state index contributed by atoms with van der Waals surface area (Å²) >= 11 is 0. The number of aromatic nitrogens is 3. The molecular formula is C13H16N4. The number of hydrogen-bond acceptors (Lipinski definition) is 4. The van der Waals surface area contributed by atoms with Crippen LogP contribution in [0.3, 0.4) is 0 Å². The Hall–Kier alpha value is -1.81. The molecule has 88 valence electrons. The maximum absolute atomic E-state index is 4.37. The Labute approximate surface area is 101 Å². The van der Waals surface area contributed by atoms with Gasteiger partial charge in [-0.2, -0.15) is 0 Å². The fourth-order valence-electron chi connectivity index (χ4n) is 1.85. The Morgan fingerprint density at radius 2 is 2.00 bits per heavy atom. The lowest BCUT2D eigenvalue weighted by Gasteiger charge is -2.19. The fraction of sp³-hybridized carbons (Fsp3) is 0.308. The minimum Gasteiger partial charge on any atom is -0.305 e. The van der Waals surface area contributed by atoms with Gasteiger partial charge in [-0.25, -0.2) is 0 Å². The topological polar surface area (TPSA) is 50.7 Å². The molecule has 1 atom stereocenters. The summed E-state index contributed by atoms with van der Waals surface area (Å²) in [6.07, 6.45) is 8.88. The summed E-state index contributed by atoms with van der Waals surface area (Å²) in [7, 11) is 0. The predicted octanol–water partition coefficient (Wildman–Crippen LogP) is 1.88. The maximum atomic E-state index is 4.37. The molecule has 0 aliphatic carbocycles. The molecule has 2 rings (SSSR count). The Balaban J connectivity index is 2.39. The summed E-state index contributed by atoms with van der Waals surface area (Å²) in [5, 5.41) is 3.43. The molecule has 2 heterocycles. The smallest absolute Gasteiger partial charge is 0.0801 e. The van der Waals surface area contributed by atoms with Gasteiger partial charge in [0.25, 0.3) is 0 Å². The molecule has 1 unspecified atom stereocenters. The summed E-state index contributed by atoms with van der Waals surface area (Å²) in [4.78, 5) is 12.6. The summed E-state index contributed by atoms with van der Waals surface area (Å²) in [6, 6.07) is 2.11. The van der Waals surface area contributed by atoms with Gasteiger partial charge in [-0.3, -0.25) is 15.0 Å². The molecule has 0 saturated carbocycles. The highest BCUT2D eigenvalue weighted by Gasteiger charge is 2.16. The third kappa shape index (κ3) is 2.65. The van der Waals surface area contributed by atoms with E-state index in [1.54, 1.807) is 18.6 Å². The second-order valence-electron chi connectivity index (χ2n) is 3.85. The second kappa shape index (κ2) is 5.50. The van der Waals surface area contributed by atoms with E-state index in [1.165, 1.54) is 5.56 Å². The van der Waals surface area contributed by atoms with E-state index in [2.05, 4.69) is 34.1 Å². The van der Waals surface area contributed by atoms with E-state index in [-0.39, 0.29) is 6.04 Å². The molecule has 0 fully saturated rings. The molecule has 0 aliphatic rings. The Kier molecular flexibility index (Phi) is 3.77. The van der Waals surface area contributed by atoms with Crippen molar-refractivity contribution < 1.29 is 0 Å². The molecule has 0 aromatic carbocycles. The lowest BCUT2D eigenvalue weighted by Crippen LogP contribution is -2.23. The highest BCUT2D eigenvalue weighted by atomic mass is 14.9. The van der Waals surface area contributed by atoms with Crippen LogP contribution in [0.1, 0.15) is 29.8 Å². The third-order valence-electron chi connectivity index (χ3n) is 2.66. The molecule has 0 aliphatic heterocycles. The SMILES string of the molecule is CCNC(c1cnccn1)c1ccncc1C. The van der Waals surface area contributed by atoms with Crippen molar-refractivity contribution in [2.75, 3.05) is 6.54 Å². The van der Waals surface area contributed by atoms with E-state index in [0.717, 1.165) is 17.8 Å². The fourth-order valence-corrected chi connectivity index (χ4v) is 1.85. The van der Waals surface area contributed by atoms with E-state index in [9.17, 15) is 0 Å². The van der Waals surface area contributed by atoms with Crippen LogP contribution in [0.5, 0.6) is 0 Å². The zero-order valence-corrected chi connectivity index (χ0v) is 10.1. The van der Waals surface area contributed by atoms with Crippen molar-refractivity contribution >= 4 is 0 Å². The third-order valence-corrected chi connectivity index (χ3v) is 2.66. The molecule has 17 heavy (non-hydrogen) atoms. The van der Waals surface area contributed by atoms with Gasteiger partial charge in [-0.05, 0) is 30.7 Å². The largest absolute Gasteiger partial charge is 0.305 e. The number of nitrogens with one attached hydrogen (secondary N) is 1. The molecule has 0 bridgehead atoms. The number of pyridine rings is 1. The summed E-state index contributed by atoms with van der Waals surface area (Å²) < 4.78 is 0. The molecule has 4 heteroatoms. The van der Waals surface area contributed by atoms with Gasteiger partial charge in [-0.15, -0.1) is 0 Å². The van der Waals surface area contributed by atoms with E-state index in [1.807, 2.05) is 18.5 Å². The highest BCUT2D eigenvalue weighted by molar-refractivity contribution is 5.31. The number of rotatable bonds is 4. The summed E-state index contributed by atoms with van der Waals surface area (Å²) in [5.41, 5.74) is 3.29. The van der Waals surface area contributed by atoms with Gasteiger partial charge in [-0.1, -0.05) is 6.92 Å². The first-order chi connectivity index (χ1) is 8.33. The van der Waals surface area contributed by atoms with Crippen LogP contribution in [0.15, 0.2) is 37.1 Å². The number of aryl methyl sites for hydroxylation is 1. The van der Waals surface area contributed by atoms with Gasteiger partial charge < -0.3 is 5.32 Å². The first-order valence-corrected chi connectivity index (χ1v) is 5.72. The van der Waals surface area contributed by atoms with Crippen LogP contribution >= 0.6 is 0 Å². The molecule has 0 amide bonds. The van der Waals surface area contributed by atoms with Crippen LogP contribution in [0.25, 0.3) is 0 Å². The van der Waals surface area contributed by atoms with Crippen LogP contribution in [0, 0.1) is 6.92 Å². The van der Waals surface area contributed by atoms with Crippen molar-refractivity contribution in [3.05, 3.63) is 53.9 Å². The molecule has 0 saturated heterocycles. The first kappa shape index (κ1) is 11.7. The average molecular weight is 228 g/mol. The Bertz CT molecular complexity index is 470. The Morgan fingerprint density at radius 3 is 2.65 bits per heavy atom. The molecule has 0 radical (unpaired) electrons. The molecular weight excluding hydrogens is 212 g/mol. The van der Waals surface area contributed by atoms with Gasteiger partial charge in [0.15, 0.2) is 0 Å². The number of hydrogen-bond donors (Lipinski definition) is 1. The highest BCUT2D eigenvalue weighted by Crippen LogP contribution is 2.21. The van der Waals surface area contributed by atoms with Crippen LogP contribution in [-0.2, 0) is 0 Å². The first-order valence-electron chi connectivity index (χ1n) is 5.72. The van der Waals surface area contributed by atoms with E-state index < -0.39 is 0 Å². The normalized spacial score (nSPS) is 12.4. The van der Waals surface area contributed by atoms with Crippen LogP contribution in [0.4, 0.5) is 0 Å². The number of nitrogens with zero attached hydrogens (tertiary/aromatic N) is 3. The van der Waals surface area contributed by atoms with Gasteiger partial charge in [0.05, 0.1) is 17.9 Å². The Morgan fingerprint density at radius 1 is 1.18 bits per heavy atom. The standard InChI is InChI=1S/C13H16N4/c1-3-16-13(12-9-15-6-7-17-12)11-4-5-14-8-10(11)2/h4-9,13,16H,3H2,1-2H3. The van der Waals surface area contributed by atoms with Crippen molar-refractivity contribution in [3.63, 3.8) is 0 Å².